The van der Waals surface area contributed by atoms with E-state index in [1.807, 2.05) is 35.7 Å². The zero-order chi connectivity index (χ0) is 19.5. The Morgan fingerprint density at radius 1 is 1.29 bits per heavy atom. The molecule has 0 fully saturated rings. The second-order valence-electron chi connectivity index (χ2n) is 5.86. The van der Waals surface area contributed by atoms with Crippen molar-refractivity contribution in [3.05, 3.63) is 70.0 Å². The minimum atomic E-state index is -0.499. The number of rotatable bonds is 5. The van der Waals surface area contributed by atoms with E-state index < -0.39 is 5.76 Å². The van der Waals surface area contributed by atoms with Crippen LogP contribution >= 0.6 is 11.3 Å². The van der Waals surface area contributed by atoms with Gasteiger partial charge in [0.2, 0.25) is 5.91 Å². The third kappa shape index (κ3) is 3.86. The first-order chi connectivity index (χ1) is 13.6. The first-order valence-corrected chi connectivity index (χ1v) is 9.20. The van der Waals surface area contributed by atoms with Crippen molar-refractivity contribution < 1.29 is 13.9 Å². The molecule has 0 saturated heterocycles. The molecule has 0 aliphatic carbocycles. The normalized spacial score (nSPS) is 11.2. The molecule has 28 heavy (non-hydrogen) atoms. The van der Waals surface area contributed by atoms with Crippen LogP contribution in [0.2, 0.25) is 0 Å². The first kappa shape index (κ1) is 17.7. The Bertz CT molecular complexity index is 1240. The van der Waals surface area contributed by atoms with Crippen LogP contribution in [0, 0.1) is 0 Å². The fraction of sp³-hybridized carbons (Fsp3) is 0.0500. The molecule has 4 aromatic rings. The van der Waals surface area contributed by atoms with Crippen LogP contribution in [0.4, 0.5) is 5.13 Å². The van der Waals surface area contributed by atoms with Crippen LogP contribution in [0.1, 0.15) is 5.56 Å². The SMILES string of the molecule is COc1cccc(/C=C/C(=O)Nc2nc(-c3ccc4oc(=O)[nH]c4c3)cs2)c1. The number of ether oxygens (including phenoxy) is 1. The van der Waals surface area contributed by atoms with E-state index in [2.05, 4.69) is 15.3 Å². The predicted octanol–water partition coefficient (Wildman–Crippen LogP) is 3.91. The van der Waals surface area contributed by atoms with Gasteiger partial charge in [-0.05, 0) is 42.0 Å². The molecule has 2 aromatic carbocycles. The van der Waals surface area contributed by atoms with Crippen molar-refractivity contribution in [2.75, 3.05) is 12.4 Å². The highest BCUT2D eigenvalue weighted by Gasteiger charge is 2.09. The molecule has 4 rings (SSSR count). The molecule has 2 aromatic heterocycles. The van der Waals surface area contributed by atoms with E-state index in [-0.39, 0.29) is 5.91 Å². The molecular formula is C20H15N3O4S. The van der Waals surface area contributed by atoms with Crippen molar-refractivity contribution in [3.63, 3.8) is 0 Å². The Kier molecular flexibility index (Phi) is 4.77. The Balaban J connectivity index is 1.46. The molecule has 0 saturated carbocycles. The summed E-state index contributed by atoms with van der Waals surface area (Å²) in [5.74, 6) is -0.0531. The van der Waals surface area contributed by atoms with Gasteiger partial charge < -0.3 is 9.15 Å². The summed E-state index contributed by atoms with van der Waals surface area (Å²) in [5, 5.41) is 5.06. The summed E-state index contributed by atoms with van der Waals surface area (Å²) >= 11 is 1.32. The summed E-state index contributed by atoms with van der Waals surface area (Å²) in [5.41, 5.74) is 3.45. The lowest BCUT2D eigenvalue weighted by molar-refractivity contribution is -0.111. The average Bonchev–Trinajstić information content (AvgIpc) is 3.31. The van der Waals surface area contributed by atoms with Crippen molar-refractivity contribution in [1.29, 1.82) is 0 Å². The number of aromatic nitrogens is 2. The number of anilines is 1. The van der Waals surface area contributed by atoms with Crippen LogP contribution in [-0.4, -0.2) is 23.0 Å². The second-order valence-corrected chi connectivity index (χ2v) is 6.72. The largest absolute Gasteiger partial charge is 0.497 e. The van der Waals surface area contributed by atoms with Gasteiger partial charge in [0.25, 0.3) is 0 Å². The highest BCUT2D eigenvalue weighted by atomic mass is 32.1. The number of thiazole rings is 1. The van der Waals surface area contributed by atoms with Gasteiger partial charge in [0, 0.05) is 17.0 Å². The lowest BCUT2D eigenvalue weighted by atomic mass is 10.1. The number of fused-ring (bicyclic) bond motifs is 1. The maximum absolute atomic E-state index is 12.1. The predicted molar refractivity (Wildman–Crippen MR) is 109 cm³/mol. The molecule has 0 aliphatic rings. The lowest BCUT2D eigenvalue weighted by Crippen LogP contribution is -2.07. The summed E-state index contributed by atoms with van der Waals surface area (Å²) in [7, 11) is 1.59. The van der Waals surface area contributed by atoms with Gasteiger partial charge in [-0.3, -0.25) is 15.1 Å². The van der Waals surface area contributed by atoms with Gasteiger partial charge in [-0.25, -0.2) is 9.78 Å². The van der Waals surface area contributed by atoms with Crippen LogP contribution in [0.3, 0.4) is 0 Å². The van der Waals surface area contributed by atoms with Gasteiger partial charge in [0.05, 0.1) is 18.3 Å². The molecule has 1 amide bonds. The zero-order valence-corrected chi connectivity index (χ0v) is 15.6. The second kappa shape index (κ2) is 7.53. The number of hydrogen-bond donors (Lipinski definition) is 2. The maximum atomic E-state index is 12.1. The molecule has 2 heterocycles. The highest BCUT2D eigenvalue weighted by Crippen LogP contribution is 2.27. The van der Waals surface area contributed by atoms with Crippen molar-refractivity contribution in [3.8, 4) is 17.0 Å². The molecule has 7 nitrogen and oxygen atoms in total. The molecule has 0 unspecified atom stereocenters. The van der Waals surface area contributed by atoms with E-state index in [0.29, 0.717) is 21.9 Å². The van der Waals surface area contributed by atoms with E-state index in [0.717, 1.165) is 16.9 Å². The van der Waals surface area contributed by atoms with Gasteiger partial charge in [0.15, 0.2) is 10.7 Å². The number of amides is 1. The molecule has 0 atom stereocenters. The summed E-state index contributed by atoms with van der Waals surface area (Å²) in [6.45, 7) is 0. The van der Waals surface area contributed by atoms with Crippen LogP contribution in [0.25, 0.3) is 28.4 Å². The maximum Gasteiger partial charge on any atom is 0.417 e. The fourth-order valence-electron chi connectivity index (χ4n) is 2.64. The van der Waals surface area contributed by atoms with Gasteiger partial charge in [0.1, 0.15) is 5.75 Å². The number of nitrogens with one attached hydrogen (secondary N) is 2. The molecule has 0 aliphatic heterocycles. The number of carbonyl (C=O) groups is 1. The molecule has 140 valence electrons. The molecule has 0 spiro atoms. The number of oxazole rings is 1. The van der Waals surface area contributed by atoms with Gasteiger partial charge in [-0.15, -0.1) is 11.3 Å². The third-order valence-corrected chi connectivity index (χ3v) is 4.73. The third-order valence-electron chi connectivity index (χ3n) is 3.97. The van der Waals surface area contributed by atoms with E-state index in [4.69, 9.17) is 9.15 Å². The zero-order valence-electron chi connectivity index (χ0n) is 14.8. The summed E-state index contributed by atoms with van der Waals surface area (Å²) in [4.78, 5) is 30.5. The van der Waals surface area contributed by atoms with Crippen LogP contribution in [0.15, 0.2) is 63.1 Å². The Hall–Kier alpha value is -3.65. The number of carbonyl (C=O) groups excluding carboxylic acids is 1. The number of methoxy groups -OCH3 is 1. The minimum absolute atomic E-state index is 0.279. The van der Waals surface area contributed by atoms with E-state index in [1.165, 1.54) is 17.4 Å². The Morgan fingerprint density at radius 2 is 2.18 bits per heavy atom. The number of H-pyrrole nitrogens is 1. The summed E-state index contributed by atoms with van der Waals surface area (Å²) in [6.07, 6.45) is 3.15. The lowest BCUT2D eigenvalue weighted by Gasteiger charge is -2.00. The van der Waals surface area contributed by atoms with Gasteiger partial charge >= 0.3 is 5.76 Å². The van der Waals surface area contributed by atoms with Crippen molar-refractivity contribution in [2.45, 2.75) is 0 Å². The number of hydrogen-bond acceptors (Lipinski definition) is 6. The topological polar surface area (TPSA) is 97.2 Å². The quantitative estimate of drug-likeness (QED) is 0.501. The minimum Gasteiger partial charge on any atom is -0.497 e. The Labute approximate surface area is 163 Å². The summed E-state index contributed by atoms with van der Waals surface area (Å²) < 4.78 is 10.2. The van der Waals surface area contributed by atoms with Gasteiger partial charge in [-0.1, -0.05) is 12.1 Å². The summed E-state index contributed by atoms with van der Waals surface area (Å²) in [6, 6.07) is 12.7. The van der Waals surface area contributed by atoms with E-state index in [9.17, 15) is 9.59 Å². The van der Waals surface area contributed by atoms with Crippen LogP contribution in [-0.2, 0) is 4.79 Å². The van der Waals surface area contributed by atoms with Crippen molar-refractivity contribution >= 4 is 39.6 Å². The van der Waals surface area contributed by atoms with Crippen LogP contribution < -0.4 is 15.8 Å². The molecule has 0 radical (unpaired) electrons. The van der Waals surface area contributed by atoms with E-state index in [1.54, 1.807) is 25.3 Å². The van der Waals surface area contributed by atoms with Crippen LogP contribution in [0.5, 0.6) is 5.75 Å². The number of aromatic amines is 1. The number of benzene rings is 2. The Morgan fingerprint density at radius 3 is 3.04 bits per heavy atom. The molecule has 8 heteroatoms. The highest BCUT2D eigenvalue weighted by molar-refractivity contribution is 7.14. The van der Waals surface area contributed by atoms with Gasteiger partial charge in [-0.2, -0.15) is 0 Å². The number of nitrogens with zero attached hydrogens (tertiary/aromatic N) is 1. The van der Waals surface area contributed by atoms with Crippen molar-refractivity contribution in [1.82, 2.24) is 9.97 Å². The molecule has 0 bridgehead atoms. The molecular weight excluding hydrogens is 378 g/mol. The van der Waals surface area contributed by atoms with E-state index >= 15 is 0 Å². The average molecular weight is 393 g/mol. The first-order valence-electron chi connectivity index (χ1n) is 8.32. The molecule has 2 N–H and O–H groups in total. The monoisotopic (exact) mass is 393 g/mol. The standard InChI is InChI=1S/C20H15N3O4S/c1-26-14-4-2-3-12(9-14)5-8-18(24)23-19-21-16(11-28-19)13-6-7-17-15(10-13)22-20(25)27-17/h2-11H,1H3,(H,22,25)(H,21,23,24)/b8-5+. The smallest absolute Gasteiger partial charge is 0.417 e. The fourth-order valence-corrected chi connectivity index (χ4v) is 3.36. The van der Waals surface area contributed by atoms with Crippen molar-refractivity contribution in [2.24, 2.45) is 0 Å².